The highest BCUT2D eigenvalue weighted by molar-refractivity contribution is 14.1. The van der Waals surface area contributed by atoms with Crippen LogP contribution in [-0.2, 0) is 6.54 Å². The fourth-order valence-electron chi connectivity index (χ4n) is 1.93. The minimum atomic E-state index is -0.0973. The van der Waals surface area contributed by atoms with E-state index in [1.165, 1.54) is 4.57 Å². The summed E-state index contributed by atoms with van der Waals surface area (Å²) in [7, 11) is 0. The first-order valence-electron chi connectivity index (χ1n) is 5.91. The van der Waals surface area contributed by atoms with Gasteiger partial charge in [0.1, 0.15) is 17.9 Å². The Hall–Kier alpha value is -1.90. The number of oxazole rings is 1. The zero-order valence-corrected chi connectivity index (χ0v) is 12.8. The van der Waals surface area contributed by atoms with Gasteiger partial charge in [-0.3, -0.25) is 9.36 Å². The Kier molecular flexibility index (Phi) is 3.20. The number of anilines is 1. The number of halogens is 1. The molecule has 0 saturated heterocycles. The highest BCUT2D eigenvalue weighted by atomic mass is 127. The van der Waals surface area contributed by atoms with E-state index in [0.29, 0.717) is 32.1 Å². The molecule has 3 aromatic rings. The van der Waals surface area contributed by atoms with Crippen LogP contribution in [-0.4, -0.2) is 14.5 Å². The van der Waals surface area contributed by atoms with Crippen molar-refractivity contribution in [3.63, 3.8) is 0 Å². The summed E-state index contributed by atoms with van der Waals surface area (Å²) in [6.07, 6.45) is 1.56. The molecule has 0 aliphatic rings. The van der Waals surface area contributed by atoms with Crippen molar-refractivity contribution in [2.75, 3.05) is 5.73 Å². The van der Waals surface area contributed by atoms with Crippen molar-refractivity contribution in [1.82, 2.24) is 14.5 Å². The lowest BCUT2D eigenvalue weighted by molar-refractivity contribution is 0.496. The Morgan fingerprint density at radius 1 is 1.45 bits per heavy atom. The van der Waals surface area contributed by atoms with Crippen molar-refractivity contribution < 1.29 is 4.42 Å². The van der Waals surface area contributed by atoms with Crippen LogP contribution in [0.2, 0.25) is 0 Å². The van der Waals surface area contributed by atoms with Gasteiger partial charge in [-0.2, -0.15) is 0 Å². The Bertz CT molecular complexity index is 853. The topological polar surface area (TPSA) is 86.9 Å². The number of nitrogens with zero attached hydrogens (tertiary/aromatic N) is 3. The maximum Gasteiger partial charge on any atom is 0.267 e. The maximum atomic E-state index is 12.1. The van der Waals surface area contributed by atoms with Crippen molar-refractivity contribution in [1.29, 1.82) is 0 Å². The number of aromatic nitrogens is 3. The van der Waals surface area contributed by atoms with Gasteiger partial charge in [-0.15, -0.1) is 0 Å². The molecule has 20 heavy (non-hydrogen) atoms. The zero-order chi connectivity index (χ0) is 14.3. The molecule has 0 aliphatic carbocycles. The summed E-state index contributed by atoms with van der Waals surface area (Å²) < 4.78 is 7.72. The van der Waals surface area contributed by atoms with Gasteiger partial charge in [-0.1, -0.05) is 0 Å². The highest BCUT2D eigenvalue weighted by Crippen LogP contribution is 2.18. The molecule has 0 spiro atoms. The lowest BCUT2D eigenvalue weighted by Gasteiger charge is -2.06. The smallest absolute Gasteiger partial charge is 0.267 e. The molecule has 0 aliphatic heterocycles. The molecule has 0 fully saturated rings. The molecule has 0 saturated carbocycles. The monoisotopic (exact) mass is 382 g/mol. The highest BCUT2D eigenvalue weighted by Gasteiger charge is 2.11. The Labute approximate surface area is 127 Å². The Morgan fingerprint density at radius 2 is 2.25 bits per heavy atom. The standard InChI is InChI=1S/C13H11IN4O2/c1-7-16-5-9(14)13(19)18(7)6-12-17-10-4-8(15)2-3-11(10)20-12/h2-5H,6,15H2,1H3. The first-order valence-corrected chi connectivity index (χ1v) is 6.99. The molecular weight excluding hydrogens is 371 g/mol. The van der Waals surface area contributed by atoms with Crippen molar-refractivity contribution in [2.45, 2.75) is 13.5 Å². The van der Waals surface area contributed by atoms with Gasteiger partial charge in [0, 0.05) is 11.9 Å². The summed E-state index contributed by atoms with van der Waals surface area (Å²) in [6, 6.07) is 5.26. The van der Waals surface area contributed by atoms with E-state index in [9.17, 15) is 4.79 Å². The first-order chi connectivity index (χ1) is 9.54. The second-order valence-corrected chi connectivity index (χ2v) is 5.54. The molecule has 0 atom stereocenters. The largest absolute Gasteiger partial charge is 0.439 e. The van der Waals surface area contributed by atoms with Crippen LogP contribution in [0, 0.1) is 10.5 Å². The third-order valence-corrected chi connectivity index (χ3v) is 3.69. The van der Waals surface area contributed by atoms with Gasteiger partial charge in [0.2, 0.25) is 5.89 Å². The maximum absolute atomic E-state index is 12.1. The normalized spacial score (nSPS) is 11.1. The molecule has 3 rings (SSSR count). The molecule has 0 unspecified atom stereocenters. The van der Waals surface area contributed by atoms with Crippen LogP contribution in [0.5, 0.6) is 0 Å². The van der Waals surface area contributed by atoms with Crippen molar-refractivity contribution >= 4 is 39.4 Å². The summed E-state index contributed by atoms with van der Waals surface area (Å²) in [5, 5.41) is 0. The van der Waals surface area contributed by atoms with Crippen LogP contribution < -0.4 is 11.3 Å². The van der Waals surface area contributed by atoms with Crippen LogP contribution in [0.15, 0.2) is 33.6 Å². The third-order valence-electron chi connectivity index (χ3n) is 2.95. The number of rotatable bonds is 2. The van der Waals surface area contributed by atoms with Crippen LogP contribution >= 0.6 is 22.6 Å². The fourth-order valence-corrected chi connectivity index (χ4v) is 2.36. The van der Waals surface area contributed by atoms with E-state index in [0.717, 1.165) is 0 Å². The van der Waals surface area contributed by atoms with E-state index in [2.05, 4.69) is 9.97 Å². The van der Waals surface area contributed by atoms with Gasteiger partial charge in [0.25, 0.3) is 5.56 Å². The zero-order valence-electron chi connectivity index (χ0n) is 10.6. The predicted octanol–water partition coefficient (Wildman–Crippen LogP) is 1.93. The number of fused-ring (bicyclic) bond motifs is 1. The summed E-state index contributed by atoms with van der Waals surface area (Å²) in [4.78, 5) is 20.6. The van der Waals surface area contributed by atoms with E-state index in [1.807, 2.05) is 22.6 Å². The lowest BCUT2D eigenvalue weighted by atomic mass is 10.3. The van der Waals surface area contributed by atoms with Crippen molar-refractivity contribution in [3.05, 3.63) is 50.0 Å². The lowest BCUT2D eigenvalue weighted by Crippen LogP contribution is -2.26. The number of hydrogen-bond acceptors (Lipinski definition) is 5. The van der Waals surface area contributed by atoms with E-state index in [1.54, 1.807) is 31.3 Å². The van der Waals surface area contributed by atoms with Crippen LogP contribution in [0.3, 0.4) is 0 Å². The van der Waals surface area contributed by atoms with Crippen LogP contribution in [0.1, 0.15) is 11.7 Å². The van der Waals surface area contributed by atoms with Crippen LogP contribution in [0.4, 0.5) is 5.69 Å². The molecular formula is C13H11IN4O2. The Balaban J connectivity index is 2.05. The molecule has 2 N–H and O–H groups in total. The van der Waals surface area contributed by atoms with Gasteiger partial charge in [0.15, 0.2) is 5.58 Å². The molecule has 2 heterocycles. The Morgan fingerprint density at radius 3 is 3.05 bits per heavy atom. The van der Waals surface area contributed by atoms with Gasteiger partial charge in [0.05, 0.1) is 3.57 Å². The third kappa shape index (κ3) is 2.28. The van der Waals surface area contributed by atoms with E-state index < -0.39 is 0 Å². The average Bonchev–Trinajstić information content (AvgIpc) is 2.81. The van der Waals surface area contributed by atoms with Gasteiger partial charge in [-0.05, 0) is 47.7 Å². The molecule has 7 heteroatoms. The molecule has 0 amide bonds. The van der Waals surface area contributed by atoms with E-state index >= 15 is 0 Å². The second-order valence-electron chi connectivity index (χ2n) is 4.38. The van der Waals surface area contributed by atoms with Crippen molar-refractivity contribution in [2.24, 2.45) is 0 Å². The first kappa shape index (κ1) is 13.1. The SMILES string of the molecule is Cc1ncc(I)c(=O)n1Cc1nc2cc(N)ccc2o1. The molecule has 6 nitrogen and oxygen atoms in total. The number of aryl methyl sites for hydroxylation is 1. The van der Waals surface area contributed by atoms with E-state index in [-0.39, 0.29) is 12.1 Å². The second kappa shape index (κ2) is 4.89. The number of benzene rings is 1. The summed E-state index contributed by atoms with van der Waals surface area (Å²) >= 11 is 1.96. The summed E-state index contributed by atoms with van der Waals surface area (Å²) in [5.41, 5.74) is 7.57. The van der Waals surface area contributed by atoms with E-state index in [4.69, 9.17) is 10.2 Å². The van der Waals surface area contributed by atoms with Crippen molar-refractivity contribution in [3.8, 4) is 0 Å². The van der Waals surface area contributed by atoms with Gasteiger partial charge >= 0.3 is 0 Å². The van der Waals surface area contributed by atoms with Gasteiger partial charge < -0.3 is 10.2 Å². The number of hydrogen-bond donors (Lipinski definition) is 1. The minimum absolute atomic E-state index is 0.0973. The summed E-state index contributed by atoms with van der Waals surface area (Å²) in [6.45, 7) is 2.03. The number of nitrogen functional groups attached to an aromatic ring is 1. The average molecular weight is 382 g/mol. The minimum Gasteiger partial charge on any atom is -0.439 e. The summed E-state index contributed by atoms with van der Waals surface area (Å²) in [5.74, 6) is 1.08. The van der Waals surface area contributed by atoms with Gasteiger partial charge in [-0.25, -0.2) is 9.97 Å². The number of nitrogens with two attached hydrogens (primary N) is 1. The van der Waals surface area contributed by atoms with Crippen LogP contribution in [0.25, 0.3) is 11.1 Å². The molecule has 0 radical (unpaired) electrons. The fraction of sp³-hybridized carbons (Fsp3) is 0.154. The molecule has 102 valence electrons. The molecule has 0 bridgehead atoms. The molecule has 1 aromatic carbocycles. The predicted molar refractivity (Wildman–Crippen MR) is 83.5 cm³/mol. The molecule has 2 aromatic heterocycles. The quantitative estimate of drug-likeness (QED) is 0.541.